The Balaban J connectivity index is 2.65. The summed E-state index contributed by atoms with van der Waals surface area (Å²) in [7, 11) is -10.7. The van der Waals surface area contributed by atoms with Crippen LogP contribution in [-0.4, -0.2) is 103 Å². The topological polar surface area (TPSA) is 256 Å². The monoisotopic (exact) mass is 965 g/mol. The van der Waals surface area contributed by atoms with Gasteiger partial charge in [-0.2, -0.15) is 0 Å². The van der Waals surface area contributed by atoms with Gasteiger partial charge in [0.15, 0.2) is 6.10 Å². The molecule has 5 unspecified atom stereocenters. The molecule has 0 amide bonds. The lowest BCUT2D eigenvalue weighted by molar-refractivity contribution is -0.216. The highest BCUT2D eigenvalue weighted by atomic mass is 31.2. The van der Waals surface area contributed by atoms with Crippen LogP contribution in [0.15, 0.2) is 60.8 Å². The summed E-state index contributed by atoms with van der Waals surface area (Å²) >= 11 is 0. The first kappa shape index (κ1) is 60.7. The number of ether oxygens (including phenoxy) is 2. The zero-order chi connectivity index (χ0) is 48.2. The Morgan fingerprint density at radius 1 is 0.492 bits per heavy atom. The minimum Gasteiger partial charge on any atom is -0.462 e. The van der Waals surface area contributed by atoms with Crippen molar-refractivity contribution in [2.24, 2.45) is 0 Å². The molecular weight excluding hydrogens is 882 g/mol. The molecule has 1 aliphatic carbocycles. The molecule has 0 aromatic carbocycles. The predicted molar refractivity (Wildman–Crippen MR) is 250 cm³/mol. The summed E-state index contributed by atoms with van der Waals surface area (Å²) in [6.45, 7) is 3.02. The lowest BCUT2D eigenvalue weighted by atomic mass is 9.85. The fourth-order valence-electron chi connectivity index (χ4n) is 6.89. The Labute approximate surface area is 388 Å². The van der Waals surface area contributed by atoms with Gasteiger partial charge in [-0.05, 0) is 51.4 Å². The van der Waals surface area contributed by atoms with Crippen molar-refractivity contribution in [2.75, 3.05) is 13.2 Å². The number of hydrogen-bond donors (Lipinski definition) is 7. The maximum atomic E-state index is 13.0. The largest absolute Gasteiger partial charge is 0.472 e. The molecule has 65 heavy (non-hydrogen) atoms. The summed E-state index contributed by atoms with van der Waals surface area (Å²) < 4.78 is 49.3. The van der Waals surface area contributed by atoms with E-state index in [0.29, 0.717) is 19.3 Å². The Morgan fingerprint density at radius 3 is 1.42 bits per heavy atom. The SMILES string of the molecule is CCCCC/C=C\C/C=C\C/C=C\C/C=C\C/C=C\CCC(=O)O[C@H](COC(=O)CCCCCCCCCCCCCCC)COP(=O)(O)O[C@H]1C(O)C(O)C(O)[C@@H](OP(=O)(O)O)C1O. The lowest BCUT2D eigenvalue weighted by Gasteiger charge is -2.43. The van der Waals surface area contributed by atoms with Crippen molar-refractivity contribution in [1.29, 1.82) is 0 Å². The van der Waals surface area contributed by atoms with Gasteiger partial charge in [0.05, 0.1) is 6.61 Å². The van der Waals surface area contributed by atoms with Crippen molar-refractivity contribution in [1.82, 2.24) is 0 Å². The van der Waals surface area contributed by atoms with Gasteiger partial charge < -0.3 is 44.6 Å². The molecule has 8 atom stereocenters. The molecule has 0 aromatic heterocycles. The van der Waals surface area contributed by atoms with Crippen LogP contribution in [0.1, 0.15) is 168 Å². The van der Waals surface area contributed by atoms with Crippen molar-refractivity contribution in [3.8, 4) is 0 Å². The van der Waals surface area contributed by atoms with Crippen LogP contribution in [0, 0.1) is 0 Å². The fraction of sp³-hybridized carbons (Fsp3) is 0.745. The highest BCUT2D eigenvalue weighted by Crippen LogP contribution is 2.49. The number of carbonyl (C=O) groups is 2. The summed E-state index contributed by atoms with van der Waals surface area (Å²) in [6.07, 6.45) is 29.1. The predicted octanol–water partition coefficient (Wildman–Crippen LogP) is 9.06. The molecule has 0 bridgehead atoms. The molecule has 1 rings (SSSR count). The molecule has 0 aromatic rings. The molecule has 0 saturated heterocycles. The van der Waals surface area contributed by atoms with E-state index in [1.165, 1.54) is 70.6 Å². The Bertz CT molecular complexity index is 1490. The summed E-state index contributed by atoms with van der Waals surface area (Å²) in [4.78, 5) is 54.2. The second kappa shape index (κ2) is 37.7. The number of rotatable bonds is 39. The molecule has 0 aliphatic heterocycles. The summed E-state index contributed by atoms with van der Waals surface area (Å²) in [5.41, 5.74) is 0. The average molecular weight is 965 g/mol. The third-order valence-electron chi connectivity index (χ3n) is 10.6. The van der Waals surface area contributed by atoms with E-state index in [-0.39, 0.29) is 12.8 Å². The number of phosphoric ester groups is 2. The van der Waals surface area contributed by atoms with Crippen molar-refractivity contribution in [3.63, 3.8) is 0 Å². The summed E-state index contributed by atoms with van der Waals surface area (Å²) in [5.74, 6) is -1.30. The van der Waals surface area contributed by atoms with Gasteiger partial charge in [-0.3, -0.25) is 23.2 Å². The van der Waals surface area contributed by atoms with E-state index in [1.807, 2.05) is 18.2 Å². The van der Waals surface area contributed by atoms with E-state index < -0.39 is 83.5 Å². The van der Waals surface area contributed by atoms with Crippen LogP contribution in [0.2, 0.25) is 0 Å². The minimum absolute atomic E-state index is 0.0799. The molecule has 0 radical (unpaired) electrons. The third kappa shape index (κ3) is 32.2. The smallest absolute Gasteiger partial charge is 0.462 e. The molecule has 1 aliphatic rings. The van der Waals surface area contributed by atoms with E-state index in [2.05, 4.69) is 54.8 Å². The van der Waals surface area contributed by atoms with Gasteiger partial charge in [0.25, 0.3) is 0 Å². The molecule has 18 heteroatoms. The third-order valence-corrected chi connectivity index (χ3v) is 12.1. The molecule has 0 spiro atoms. The van der Waals surface area contributed by atoms with Crippen molar-refractivity contribution in [3.05, 3.63) is 60.8 Å². The number of aliphatic hydroxyl groups is 4. The normalized spacial score (nSPS) is 22.2. The fourth-order valence-corrected chi connectivity index (χ4v) is 8.43. The number of phosphoric acid groups is 2. The number of aliphatic hydroxyl groups excluding tert-OH is 4. The second-order valence-corrected chi connectivity index (χ2v) is 19.1. The van der Waals surface area contributed by atoms with Crippen molar-refractivity contribution >= 4 is 27.6 Å². The number of esters is 2. The molecule has 1 fully saturated rings. The van der Waals surface area contributed by atoms with E-state index in [9.17, 15) is 44.0 Å². The van der Waals surface area contributed by atoms with Gasteiger partial charge >= 0.3 is 27.6 Å². The number of hydrogen-bond acceptors (Lipinski definition) is 13. The number of unbranched alkanes of at least 4 members (excludes halogenated alkanes) is 15. The summed E-state index contributed by atoms with van der Waals surface area (Å²) in [6, 6.07) is 0. The number of allylic oxidation sites excluding steroid dienone is 10. The van der Waals surface area contributed by atoms with Crippen LogP contribution in [0.5, 0.6) is 0 Å². The first-order chi connectivity index (χ1) is 31.1. The molecule has 16 nitrogen and oxygen atoms in total. The molecule has 1 saturated carbocycles. The molecule has 0 heterocycles. The van der Waals surface area contributed by atoms with E-state index in [0.717, 1.165) is 51.4 Å². The van der Waals surface area contributed by atoms with Gasteiger partial charge in [-0.15, -0.1) is 0 Å². The van der Waals surface area contributed by atoms with Crippen LogP contribution in [-0.2, 0) is 41.8 Å². The molecular formula is C47H82O16P2. The van der Waals surface area contributed by atoms with Gasteiger partial charge in [-0.25, -0.2) is 9.13 Å². The minimum atomic E-state index is -5.37. The van der Waals surface area contributed by atoms with Crippen molar-refractivity contribution in [2.45, 2.75) is 211 Å². The summed E-state index contributed by atoms with van der Waals surface area (Å²) in [5, 5.41) is 41.2. The van der Waals surface area contributed by atoms with Crippen LogP contribution >= 0.6 is 15.6 Å². The number of carbonyl (C=O) groups excluding carboxylic acids is 2. The molecule has 7 N–H and O–H groups in total. The standard InChI is InChI=1S/C47H82O16P2/c1-3-5-7-9-11-13-15-17-18-19-20-21-22-24-26-28-30-32-34-36-41(49)61-39(37-59-40(48)35-33-31-29-27-25-23-16-14-12-10-8-6-4-2)38-60-65(57,58)63-47-44(52)42(50)43(51)46(45(47)53)62-64(54,55)56/h11,13,17-18,20-21,24,26,30,32,39,42-47,50-53H,3-10,12,14-16,19,22-23,25,27-29,31,33-38H2,1-2H3,(H,57,58)(H2,54,55,56)/b13-11-,18-17-,21-20-,26-24-,32-30-/t39-,42?,43?,44?,45?,46-,47+/m1/s1. The first-order valence-corrected chi connectivity index (χ1v) is 26.9. The van der Waals surface area contributed by atoms with Crippen LogP contribution < -0.4 is 0 Å². The highest BCUT2D eigenvalue weighted by molar-refractivity contribution is 7.47. The highest BCUT2D eigenvalue weighted by Gasteiger charge is 2.54. The zero-order valence-electron chi connectivity index (χ0n) is 38.9. The lowest BCUT2D eigenvalue weighted by Crippen LogP contribution is -2.64. The average Bonchev–Trinajstić information content (AvgIpc) is 3.26. The maximum absolute atomic E-state index is 13.0. The zero-order valence-corrected chi connectivity index (χ0v) is 40.7. The maximum Gasteiger partial charge on any atom is 0.472 e. The van der Waals surface area contributed by atoms with Gasteiger partial charge in [0.2, 0.25) is 0 Å². The van der Waals surface area contributed by atoms with Gasteiger partial charge in [-0.1, -0.05) is 164 Å². The van der Waals surface area contributed by atoms with E-state index in [1.54, 1.807) is 6.08 Å². The molecule has 376 valence electrons. The van der Waals surface area contributed by atoms with Crippen LogP contribution in [0.3, 0.4) is 0 Å². The first-order valence-electron chi connectivity index (χ1n) is 23.8. The Morgan fingerprint density at radius 2 is 0.923 bits per heavy atom. The van der Waals surface area contributed by atoms with Crippen molar-refractivity contribution < 1.29 is 76.9 Å². The van der Waals surface area contributed by atoms with Gasteiger partial charge in [0.1, 0.15) is 43.2 Å². The van der Waals surface area contributed by atoms with E-state index >= 15 is 0 Å². The van der Waals surface area contributed by atoms with E-state index in [4.69, 9.17) is 28.3 Å². The van der Waals surface area contributed by atoms with Crippen LogP contribution in [0.25, 0.3) is 0 Å². The second-order valence-electron chi connectivity index (χ2n) is 16.5. The quantitative estimate of drug-likeness (QED) is 0.0131. The Hall–Kier alpha value is -2.30. The Kier molecular flexibility index (Phi) is 35.2. The van der Waals surface area contributed by atoms with Gasteiger partial charge in [0, 0.05) is 12.8 Å². The van der Waals surface area contributed by atoms with Crippen LogP contribution in [0.4, 0.5) is 0 Å².